The third-order valence-electron chi connectivity index (χ3n) is 2.70. The van der Waals surface area contributed by atoms with Gasteiger partial charge in [0.05, 0.1) is 0 Å². The van der Waals surface area contributed by atoms with Gasteiger partial charge in [-0.15, -0.1) is 0 Å². The Morgan fingerprint density at radius 1 is 1.41 bits per heavy atom. The molecule has 0 saturated carbocycles. The quantitative estimate of drug-likeness (QED) is 0.613. The standard InChI is InChI=1S/C14H20INO/c1-3-4-5-7-11(2)16-14(17)12-8-6-9-13(15)10-12/h6,8-11H,3-5,7H2,1-2H3,(H,16,17)/t11-/m0/s1. The molecule has 0 bridgehead atoms. The number of amides is 1. The van der Waals surface area contributed by atoms with Gasteiger partial charge in [-0.05, 0) is 54.1 Å². The lowest BCUT2D eigenvalue weighted by atomic mass is 10.1. The van der Waals surface area contributed by atoms with Crippen molar-refractivity contribution in [2.45, 2.75) is 45.6 Å². The molecular weight excluding hydrogens is 325 g/mol. The molecule has 0 heterocycles. The number of benzene rings is 1. The second kappa shape index (κ2) is 7.69. The molecule has 0 aliphatic rings. The van der Waals surface area contributed by atoms with Crippen molar-refractivity contribution in [3.63, 3.8) is 0 Å². The molecule has 0 unspecified atom stereocenters. The van der Waals surface area contributed by atoms with Crippen molar-refractivity contribution in [1.29, 1.82) is 0 Å². The van der Waals surface area contributed by atoms with Crippen LogP contribution in [0, 0.1) is 3.57 Å². The summed E-state index contributed by atoms with van der Waals surface area (Å²) in [6.07, 6.45) is 4.70. The van der Waals surface area contributed by atoms with Crippen molar-refractivity contribution in [1.82, 2.24) is 5.32 Å². The highest BCUT2D eigenvalue weighted by molar-refractivity contribution is 14.1. The van der Waals surface area contributed by atoms with Crippen LogP contribution in [-0.2, 0) is 0 Å². The zero-order valence-electron chi connectivity index (χ0n) is 10.5. The molecule has 0 aliphatic heterocycles. The summed E-state index contributed by atoms with van der Waals surface area (Å²) in [5, 5.41) is 3.04. The van der Waals surface area contributed by atoms with E-state index in [0.717, 1.165) is 15.6 Å². The Morgan fingerprint density at radius 3 is 2.82 bits per heavy atom. The first-order valence-corrected chi connectivity index (χ1v) is 7.27. The first-order chi connectivity index (χ1) is 8.13. The van der Waals surface area contributed by atoms with Crippen molar-refractivity contribution in [2.24, 2.45) is 0 Å². The Balaban J connectivity index is 2.43. The van der Waals surface area contributed by atoms with Crippen LogP contribution in [0.2, 0.25) is 0 Å². The van der Waals surface area contributed by atoms with Gasteiger partial charge in [0.15, 0.2) is 0 Å². The molecule has 1 atom stereocenters. The molecule has 0 saturated heterocycles. The number of rotatable bonds is 6. The van der Waals surface area contributed by atoms with Gasteiger partial charge in [-0.25, -0.2) is 0 Å². The summed E-state index contributed by atoms with van der Waals surface area (Å²) in [4.78, 5) is 11.9. The predicted octanol–water partition coefficient (Wildman–Crippen LogP) is 3.99. The third-order valence-corrected chi connectivity index (χ3v) is 3.38. The second-order valence-electron chi connectivity index (χ2n) is 4.38. The smallest absolute Gasteiger partial charge is 0.251 e. The summed E-state index contributed by atoms with van der Waals surface area (Å²) < 4.78 is 1.09. The number of hydrogen-bond acceptors (Lipinski definition) is 1. The van der Waals surface area contributed by atoms with Crippen molar-refractivity contribution < 1.29 is 4.79 Å². The molecule has 17 heavy (non-hydrogen) atoms. The highest BCUT2D eigenvalue weighted by atomic mass is 127. The highest BCUT2D eigenvalue weighted by Crippen LogP contribution is 2.09. The Morgan fingerprint density at radius 2 is 2.18 bits per heavy atom. The lowest BCUT2D eigenvalue weighted by molar-refractivity contribution is 0.0938. The van der Waals surface area contributed by atoms with Crippen molar-refractivity contribution in [3.05, 3.63) is 33.4 Å². The zero-order chi connectivity index (χ0) is 12.7. The monoisotopic (exact) mass is 345 g/mol. The van der Waals surface area contributed by atoms with Gasteiger partial charge in [0.25, 0.3) is 5.91 Å². The molecule has 0 aromatic heterocycles. The summed E-state index contributed by atoms with van der Waals surface area (Å²) in [5.41, 5.74) is 0.749. The predicted molar refractivity (Wildman–Crippen MR) is 80.2 cm³/mol. The van der Waals surface area contributed by atoms with Gasteiger partial charge >= 0.3 is 0 Å². The molecule has 0 aliphatic carbocycles. The number of carbonyl (C=O) groups excluding carboxylic acids is 1. The van der Waals surface area contributed by atoms with Crippen LogP contribution in [0.1, 0.15) is 49.9 Å². The van der Waals surface area contributed by atoms with E-state index in [2.05, 4.69) is 41.8 Å². The summed E-state index contributed by atoms with van der Waals surface area (Å²) >= 11 is 2.22. The minimum atomic E-state index is 0.0347. The third kappa shape index (κ3) is 5.52. The van der Waals surface area contributed by atoms with E-state index < -0.39 is 0 Å². The van der Waals surface area contributed by atoms with E-state index in [1.54, 1.807) is 0 Å². The van der Waals surface area contributed by atoms with Gasteiger partial charge < -0.3 is 5.32 Å². The molecule has 0 radical (unpaired) electrons. The van der Waals surface area contributed by atoms with Crippen LogP contribution in [0.5, 0.6) is 0 Å². The summed E-state index contributed by atoms with van der Waals surface area (Å²) in [7, 11) is 0. The van der Waals surface area contributed by atoms with Crippen LogP contribution in [0.15, 0.2) is 24.3 Å². The molecule has 94 valence electrons. The average Bonchev–Trinajstić information content (AvgIpc) is 2.29. The summed E-state index contributed by atoms with van der Waals surface area (Å²) in [6.45, 7) is 4.26. The van der Waals surface area contributed by atoms with Crippen LogP contribution in [0.25, 0.3) is 0 Å². The molecule has 2 nitrogen and oxygen atoms in total. The summed E-state index contributed by atoms with van der Waals surface area (Å²) in [6, 6.07) is 7.93. The molecule has 0 fully saturated rings. The SMILES string of the molecule is CCCCC[C@H](C)NC(=O)c1cccc(I)c1. The van der Waals surface area contributed by atoms with Gasteiger partial charge in [0.2, 0.25) is 0 Å². The molecule has 1 aromatic rings. The van der Waals surface area contributed by atoms with E-state index in [4.69, 9.17) is 0 Å². The normalized spacial score (nSPS) is 12.2. The lowest BCUT2D eigenvalue weighted by Crippen LogP contribution is -2.32. The zero-order valence-corrected chi connectivity index (χ0v) is 12.7. The Hall–Kier alpha value is -0.580. The highest BCUT2D eigenvalue weighted by Gasteiger charge is 2.09. The van der Waals surface area contributed by atoms with E-state index in [9.17, 15) is 4.79 Å². The van der Waals surface area contributed by atoms with E-state index in [1.807, 2.05) is 24.3 Å². The Bertz CT molecular complexity index is 365. The van der Waals surface area contributed by atoms with E-state index >= 15 is 0 Å². The molecule has 1 rings (SSSR count). The molecule has 1 aromatic carbocycles. The Labute approximate surface area is 117 Å². The molecule has 3 heteroatoms. The first-order valence-electron chi connectivity index (χ1n) is 6.20. The van der Waals surface area contributed by atoms with Gasteiger partial charge in [-0.3, -0.25) is 4.79 Å². The van der Waals surface area contributed by atoms with Crippen molar-refractivity contribution in [3.8, 4) is 0 Å². The average molecular weight is 345 g/mol. The maximum absolute atomic E-state index is 11.9. The van der Waals surface area contributed by atoms with Crippen LogP contribution < -0.4 is 5.32 Å². The maximum atomic E-state index is 11.9. The number of hydrogen-bond donors (Lipinski definition) is 1. The van der Waals surface area contributed by atoms with Crippen molar-refractivity contribution >= 4 is 28.5 Å². The fourth-order valence-electron chi connectivity index (χ4n) is 1.71. The second-order valence-corrected chi connectivity index (χ2v) is 5.63. The number of nitrogens with one attached hydrogen (secondary N) is 1. The van der Waals surface area contributed by atoms with Gasteiger partial charge in [-0.2, -0.15) is 0 Å². The fourth-order valence-corrected chi connectivity index (χ4v) is 2.25. The fraction of sp³-hybridized carbons (Fsp3) is 0.500. The van der Waals surface area contributed by atoms with Crippen molar-refractivity contribution in [2.75, 3.05) is 0 Å². The lowest BCUT2D eigenvalue weighted by Gasteiger charge is -2.13. The molecule has 1 N–H and O–H groups in total. The van der Waals surface area contributed by atoms with Crippen LogP contribution >= 0.6 is 22.6 Å². The van der Waals surface area contributed by atoms with Crippen LogP contribution in [0.3, 0.4) is 0 Å². The van der Waals surface area contributed by atoms with Gasteiger partial charge in [-0.1, -0.05) is 32.3 Å². The van der Waals surface area contributed by atoms with Gasteiger partial charge in [0.1, 0.15) is 0 Å². The number of halogens is 1. The van der Waals surface area contributed by atoms with E-state index in [0.29, 0.717) is 0 Å². The molecule has 0 spiro atoms. The minimum Gasteiger partial charge on any atom is -0.350 e. The van der Waals surface area contributed by atoms with Crippen LogP contribution in [-0.4, -0.2) is 11.9 Å². The van der Waals surface area contributed by atoms with E-state index in [-0.39, 0.29) is 11.9 Å². The number of unbranched alkanes of at least 4 members (excludes halogenated alkanes) is 2. The topological polar surface area (TPSA) is 29.1 Å². The molecular formula is C14H20INO. The van der Waals surface area contributed by atoms with Gasteiger partial charge in [0, 0.05) is 15.2 Å². The number of carbonyl (C=O) groups is 1. The van der Waals surface area contributed by atoms with Crippen LogP contribution in [0.4, 0.5) is 0 Å². The minimum absolute atomic E-state index is 0.0347. The van der Waals surface area contributed by atoms with E-state index in [1.165, 1.54) is 19.3 Å². The Kier molecular flexibility index (Phi) is 6.55. The summed E-state index contributed by atoms with van der Waals surface area (Å²) in [5.74, 6) is 0.0347. The first kappa shape index (κ1) is 14.5. The largest absolute Gasteiger partial charge is 0.350 e. The molecule has 1 amide bonds. The maximum Gasteiger partial charge on any atom is 0.251 e.